The third kappa shape index (κ3) is 3.39. The van der Waals surface area contributed by atoms with Crippen molar-refractivity contribution in [2.24, 2.45) is 0 Å². The van der Waals surface area contributed by atoms with Gasteiger partial charge in [0.15, 0.2) is 0 Å². The molecule has 0 aromatic heterocycles. The van der Waals surface area contributed by atoms with Gasteiger partial charge in [0, 0.05) is 17.4 Å². The monoisotopic (exact) mass is 339 g/mol. The number of likely N-dealkylation sites (tertiary alicyclic amines) is 1. The quantitative estimate of drug-likeness (QED) is 0.917. The Balaban J connectivity index is 2.00. The Morgan fingerprint density at radius 1 is 1.40 bits per heavy atom. The van der Waals surface area contributed by atoms with Gasteiger partial charge in [-0.3, -0.25) is 4.79 Å². The lowest BCUT2D eigenvalue weighted by molar-refractivity contribution is -0.148. The van der Waals surface area contributed by atoms with Crippen molar-refractivity contribution in [2.45, 2.75) is 38.1 Å². The first-order valence-electron chi connectivity index (χ1n) is 6.76. The number of carboxylic acid groups (broad SMARTS) is 1. The number of amides is 1. The van der Waals surface area contributed by atoms with Crippen LogP contribution in [0.25, 0.3) is 0 Å². The molecule has 0 radical (unpaired) electrons. The van der Waals surface area contributed by atoms with E-state index in [2.05, 4.69) is 15.9 Å². The Hall–Kier alpha value is -1.36. The van der Waals surface area contributed by atoms with E-state index in [4.69, 9.17) is 5.11 Å². The summed E-state index contributed by atoms with van der Waals surface area (Å²) in [4.78, 5) is 24.9. The van der Waals surface area contributed by atoms with Gasteiger partial charge in [0.25, 0.3) is 0 Å². The fourth-order valence-corrected chi connectivity index (χ4v) is 2.87. The van der Waals surface area contributed by atoms with Crippen LogP contribution in [-0.4, -0.2) is 34.5 Å². The minimum absolute atomic E-state index is 0.0645. The second-order valence-corrected chi connectivity index (χ2v) is 6.16. The zero-order chi connectivity index (χ0) is 14.7. The molecule has 0 spiro atoms. The molecular weight excluding hydrogens is 322 g/mol. The molecule has 20 heavy (non-hydrogen) atoms. The van der Waals surface area contributed by atoms with E-state index in [9.17, 15) is 9.59 Å². The maximum absolute atomic E-state index is 12.3. The molecule has 1 aromatic carbocycles. The number of carbonyl (C=O) groups excluding carboxylic acids is 1. The molecule has 1 saturated heterocycles. The largest absolute Gasteiger partial charge is 0.480 e. The van der Waals surface area contributed by atoms with Crippen LogP contribution in [0.5, 0.6) is 0 Å². The molecule has 1 heterocycles. The number of hydrogen-bond donors (Lipinski definition) is 1. The van der Waals surface area contributed by atoms with Gasteiger partial charge in [-0.2, -0.15) is 0 Å². The molecule has 2 rings (SSSR count). The highest BCUT2D eigenvalue weighted by Gasteiger charge is 2.34. The summed E-state index contributed by atoms with van der Waals surface area (Å²) in [6.45, 7) is 2.55. The minimum atomic E-state index is -0.896. The first-order chi connectivity index (χ1) is 9.49. The highest BCUT2D eigenvalue weighted by atomic mass is 79.9. The number of nitrogens with zero attached hydrogens (tertiary/aromatic N) is 1. The van der Waals surface area contributed by atoms with Gasteiger partial charge >= 0.3 is 5.97 Å². The number of hydrogen-bond acceptors (Lipinski definition) is 2. The Bertz CT molecular complexity index is 500. The molecule has 4 nitrogen and oxygen atoms in total. The van der Waals surface area contributed by atoms with E-state index in [-0.39, 0.29) is 11.8 Å². The van der Waals surface area contributed by atoms with E-state index in [0.717, 1.165) is 16.5 Å². The SMILES string of the molecule is CC(CC(=O)N1CCC[C@@H]1C(=O)O)c1ccc(Br)cc1. The first kappa shape index (κ1) is 15.0. The van der Waals surface area contributed by atoms with Crippen LogP contribution in [0, 0.1) is 0 Å². The molecule has 1 aromatic rings. The van der Waals surface area contributed by atoms with Gasteiger partial charge in [-0.05, 0) is 36.5 Å². The molecule has 0 saturated carbocycles. The summed E-state index contributed by atoms with van der Waals surface area (Å²) in [6, 6.07) is 7.24. The summed E-state index contributed by atoms with van der Waals surface area (Å²) in [5.41, 5.74) is 1.09. The predicted molar refractivity (Wildman–Crippen MR) is 79.5 cm³/mol. The zero-order valence-electron chi connectivity index (χ0n) is 11.4. The van der Waals surface area contributed by atoms with Crippen LogP contribution in [0.3, 0.4) is 0 Å². The van der Waals surface area contributed by atoms with Crippen molar-refractivity contribution in [3.05, 3.63) is 34.3 Å². The van der Waals surface area contributed by atoms with E-state index < -0.39 is 12.0 Å². The van der Waals surface area contributed by atoms with Crippen molar-refractivity contribution >= 4 is 27.8 Å². The third-order valence-electron chi connectivity index (χ3n) is 3.78. The number of halogens is 1. The van der Waals surface area contributed by atoms with Crippen molar-refractivity contribution < 1.29 is 14.7 Å². The molecule has 1 unspecified atom stereocenters. The lowest BCUT2D eigenvalue weighted by Gasteiger charge is -2.23. The molecule has 1 fully saturated rings. The van der Waals surface area contributed by atoms with Crippen LogP contribution < -0.4 is 0 Å². The van der Waals surface area contributed by atoms with Crippen molar-refractivity contribution in [3.8, 4) is 0 Å². The van der Waals surface area contributed by atoms with Gasteiger partial charge in [0.05, 0.1) is 0 Å². The highest BCUT2D eigenvalue weighted by Crippen LogP contribution is 2.25. The summed E-state index contributed by atoms with van der Waals surface area (Å²) < 4.78 is 1.00. The first-order valence-corrected chi connectivity index (χ1v) is 7.56. The van der Waals surface area contributed by atoms with Gasteiger partial charge in [-0.1, -0.05) is 35.0 Å². The normalized spacial score (nSPS) is 19.9. The molecule has 1 amide bonds. The van der Waals surface area contributed by atoms with Gasteiger partial charge in [0.2, 0.25) is 5.91 Å². The number of benzene rings is 1. The third-order valence-corrected chi connectivity index (χ3v) is 4.31. The maximum Gasteiger partial charge on any atom is 0.326 e. The summed E-state index contributed by atoms with van der Waals surface area (Å²) >= 11 is 3.38. The minimum Gasteiger partial charge on any atom is -0.480 e. The van der Waals surface area contributed by atoms with Crippen LogP contribution in [0.2, 0.25) is 0 Å². The van der Waals surface area contributed by atoms with Crippen molar-refractivity contribution in [3.63, 3.8) is 0 Å². The van der Waals surface area contributed by atoms with Gasteiger partial charge < -0.3 is 10.0 Å². The van der Waals surface area contributed by atoms with E-state index >= 15 is 0 Å². The molecule has 1 N–H and O–H groups in total. The van der Waals surface area contributed by atoms with Crippen LogP contribution in [0.15, 0.2) is 28.7 Å². The lowest BCUT2D eigenvalue weighted by atomic mass is 9.97. The zero-order valence-corrected chi connectivity index (χ0v) is 13.0. The van der Waals surface area contributed by atoms with Crippen molar-refractivity contribution in [1.29, 1.82) is 0 Å². The number of aliphatic carboxylic acids is 1. The molecule has 5 heteroatoms. The van der Waals surface area contributed by atoms with E-state index in [1.54, 1.807) is 0 Å². The van der Waals surface area contributed by atoms with E-state index in [1.165, 1.54) is 4.90 Å². The Labute approximate surface area is 126 Å². The average Bonchev–Trinajstić information content (AvgIpc) is 2.88. The molecule has 108 valence electrons. The fraction of sp³-hybridized carbons (Fsp3) is 0.467. The molecule has 2 atom stereocenters. The molecule has 0 bridgehead atoms. The average molecular weight is 340 g/mol. The summed E-state index contributed by atoms with van der Waals surface area (Å²) in [5.74, 6) is -0.872. The smallest absolute Gasteiger partial charge is 0.326 e. The van der Waals surface area contributed by atoms with E-state index in [1.807, 2.05) is 31.2 Å². The lowest BCUT2D eigenvalue weighted by Crippen LogP contribution is -2.40. The summed E-state index contributed by atoms with van der Waals surface area (Å²) in [5, 5.41) is 9.12. The molecule has 1 aliphatic heterocycles. The molecule has 0 aliphatic carbocycles. The Kier molecular flexibility index (Phi) is 4.81. The Morgan fingerprint density at radius 3 is 2.65 bits per heavy atom. The fourth-order valence-electron chi connectivity index (χ4n) is 2.61. The second-order valence-electron chi connectivity index (χ2n) is 5.24. The Morgan fingerprint density at radius 2 is 2.05 bits per heavy atom. The van der Waals surface area contributed by atoms with Crippen LogP contribution in [-0.2, 0) is 9.59 Å². The van der Waals surface area contributed by atoms with Gasteiger partial charge in [-0.15, -0.1) is 0 Å². The topological polar surface area (TPSA) is 57.6 Å². The summed E-state index contributed by atoms with van der Waals surface area (Å²) in [6.07, 6.45) is 1.69. The van der Waals surface area contributed by atoms with E-state index in [0.29, 0.717) is 19.4 Å². The molecular formula is C15H18BrNO3. The predicted octanol–water partition coefficient (Wildman–Crippen LogP) is 3.02. The number of rotatable bonds is 4. The maximum atomic E-state index is 12.3. The number of carboxylic acids is 1. The number of carbonyl (C=O) groups is 2. The van der Waals surface area contributed by atoms with Crippen LogP contribution in [0.4, 0.5) is 0 Å². The van der Waals surface area contributed by atoms with Gasteiger partial charge in [0.1, 0.15) is 6.04 Å². The van der Waals surface area contributed by atoms with Gasteiger partial charge in [-0.25, -0.2) is 4.79 Å². The standard InChI is InChI=1S/C15H18BrNO3/c1-10(11-4-6-12(16)7-5-11)9-14(18)17-8-2-3-13(17)15(19)20/h4-7,10,13H,2-3,8-9H2,1H3,(H,19,20)/t10?,13-/m1/s1. The summed E-state index contributed by atoms with van der Waals surface area (Å²) in [7, 11) is 0. The van der Waals surface area contributed by atoms with Crippen LogP contribution >= 0.6 is 15.9 Å². The van der Waals surface area contributed by atoms with Crippen molar-refractivity contribution in [2.75, 3.05) is 6.54 Å². The highest BCUT2D eigenvalue weighted by molar-refractivity contribution is 9.10. The molecule has 1 aliphatic rings. The second kappa shape index (κ2) is 6.39. The van der Waals surface area contributed by atoms with Crippen molar-refractivity contribution in [1.82, 2.24) is 4.90 Å². The van der Waals surface area contributed by atoms with Crippen LogP contribution in [0.1, 0.15) is 37.7 Å².